The fraction of sp³-hybridized carbons (Fsp3) is 0.474. The number of hydrogen-bond acceptors (Lipinski definition) is 4. The molecule has 0 fully saturated rings. The van der Waals surface area contributed by atoms with Crippen LogP contribution in [0, 0.1) is 5.82 Å². The van der Waals surface area contributed by atoms with Gasteiger partial charge in [-0.05, 0) is 6.07 Å². The Kier molecular flexibility index (Phi) is 4.64. The normalized spacial score (nSPS) is 15.1. The molecule has 0 saturated carbocycles. The fourth-order valence-corrected chi connectivity index (χ4v) is 3.05. The van der Waals surface area contributed by atoms with Gasteiger partial charge in [0.1, 0.15) is 5.82 Å². The third kappa shape index (κ3) is 3.58. The van der Waals surface area contributed by atoms with Gasteiger partial charge in [-0.3, -0.25) is 9.69 Å². The van der Waals surface area contributed by atoms with Crippen LogP contribution in [0.1, 0.15) is 43.4 Å². The zero-order valence-corrected chi connectivity index (χ0v) is 15.1. The predicted octanol–water partition coefficient (Wildman–Crippen LogP) is 2.77. The maximum absolute atomic E-state index is 14.4. The summed E-state index contributed by atoms with van der Waals surface area (Å²) in [6, 6.07) is 5.13. The van der Waals surface area contributed by atoms with Crippen molar-refractivity contribution in [1.29, 1.82) is 0 Å². The Hall–Kier alpha value is -2.21. The summed E-state index contributed by atoms with van der Waals surface area (Å²) in [6.45, 7) is 7.72. The summed E-state index contributed by atoms with van der Waals surface area (Å²) < 4.78 is 19.4. The van der Waals surface area contributed by atoms with Crippen molar-refractivity contribution in [2.24, 2.45) is 0 Å². The van der Waals surface area contributed by atoms with Crippen LogP contribution in [0.4, 0.5) is 4.39 Å². The van der Waals surface area contributed by atoms with Crippen molar-refractivity contribution in [3.05, 3.63) is 57.0 Å². The van der Waals surface area contributed by atoms with Gasteiger partial charge in [0, 0.05) is 37.0 Å². The zero-order chi connectivity index (χ0) is 18.2. The van der Waals surface area contributed by atoms with E-state index in [4.69, 9.17) is 4.74 Å². The smallest absolute Gasteiger partial charge is 0.255 e. The summed E-state index contributed by atoms with van der Waals surface area (Å²) in [5, 5.41) is 0. The average Bonchev–Trinajstić information content (AvgIpc) is 2.56. The highest BCUT2D eigenvalue weighted by Crippen LogP contribution is 2.24. The lowest BCUT2D eigenvalue weighted by Crippen LogP contribution is -2.37. The highest BCUT2D eigenvalue weighted by atomic mass is 19.1. The molecule has 0 radical (unpaired) electrons. The van der Waals surface area contributed by atoms with Crippen LogP contribution in [-0.2, 0) is 24.9 Å². The number of nitrogens with one attached hydrogen (secondary N) is 1. The molecule has 1 aromatic carbocycles. The van der Waals surface area contributed by atoms with Gasteiger partial charge in [0.15, 0.2) is 11.6 Å². The van der Waals surface area contributed by atoms with E-state index in [1.165, 1.54) is 7.11 Å². The SMILES string of the molecule is COc1cccc(CN2CCc3nc(C(C)(C)C)[nH]c(=O)c3C2)c1F. The second-order valence-corrected chi connectivity index (χ2v) is 7.48. The molecule has 0 aliphatic carbocycles. The van der Waals surface area contributed by atoms with E-state index < -0.39 is 0 Å². The Morgan fingerprint density at radius 3 is 2.80 bits per heavy atom. The average molecular weight is 345 g/mol. The highest BCUT2D eigenvalue weighted by Gasteiger charge is 2.25. The van der Waals surface area contributed by atoms with Crippen molar-refractivity contribution < 1.29 is 9.13 Å². The van der Waals surface area contributed by atoms with E-state index in [-0.39, 0.29) is 22.5 Å². The molecule has 0 spiro atoms. The maximum Gasteiger partial charge on any atom is 0.255 e. The molecule has 25 heavy (non-hydrogen) atoms. The van der Waals surface area contributed by atoms with Gasteiger partial charge >= 0.3 is 0 Å². The first-order chi connectivity index (χ1) is 11.8. The Bertz CT molecular complexity index is 840. The van der Waals surface area contributed by atoms with Gasteiger partial charge in [0.25, 0.3) is 5.56 Å². The summed E-state index contributed by atoms with van der Waals surface area (Å²) in [7, 11) is 1.46. The summed E-state index contributed by atoms with van der Waals surface area (Å²) >= 11 is 0. The molecule has 1 aliphatic heterocycles. The summed E-state index contributed by atoms with van der Waals surface area (Å²) in [5.74, 6) is 0.610. The van der Waals surface area contributed by atoms with Gasteiger partial charge in [-0.2, -0.15) is 0 Å². The Morgan fingerprint density at radius 2 is 2.12 bits per heavy atom. The number of hydrogen-bond donors (Lipinski definition) is 1. The number of ether oxygens (including phenoxy) is 1. The van der Waals surface area contributed by atoms with Gasteiger partial charge in [-0.25, -0.2) is 9.37 Å². The number of halogens is 1. The molecule has 3 rings (SSSR count). The first-order valence-electron chi connectivity index (χ1n) is 8.46. The largest absolute Gasteiger partial charge is 0.494 e. The Balaban J connectivity index is 1.84. The van der Waals surface area contributed by atoms with E-state index in [0.29, 0.717) is 36.5 Å². The van der Waals surface area contributed by atoms with Crippen LogP contribution in [0.2, 0.25) is 0 Å². The summed E-state index contributed by atoms with van der Waals surface area (Å²) in [4.78, 5) is 22.1. The molecule has 0 amide bonds. The minimum atomic E-state index is -0.342. The third-order valence-corrected chi connectivity index (χ3v) is 4.52. The minimum Gasteiger partial charge on any atom is -0.494 e. The number of fused-ring (bicyclic) bond motifs is 1. The van der Waals surface area contributed by atoms with Crippen molar-refractivity contribution in [2.45, 2.75) is 45.7 Å². The molecule has 134 valence electrons. The second kappa shape index (κ2) is 6.59. The number of benzene rings is 1. The molecular weight excluding hydrogens is 321 g/mol. The van der Waals surface area contributed by atoms with Crippen LogP contribution in [-0.4, -0.2) is 28.5 Å². The molecule has 0 bridgehead atoms. The lowest BCUT2D eigenvalue weighted by atomic mass is 9.95. The molecular formula is C19H24FN3O2. The molecule has 1 aromatic heterocycles. The monoisotopic (exact) mass is 345 g/mol. The molecule has 2 aromatic rings. The predicted molar refractivity (Wildman–Crippen MR) is 94.3 cm³/mol. The van der Waals surface area contributed by atoms with E-state index in [9.17, 15) is 9.18 Å². The molecule has 2 heterocycles. The van der Waals surface area contributed by atoms with Crippen LogP contribution in [0.3, 0.4) is 0 Å². The number of H-pyrrole nitrogens is 1. The van der Waals surface area contributed by atoms with E-state index in [0.717, 1.165) is 12.2 Å². The Labute approximate surface area is 146 Å². The lowest BCUT2D eigenvalue weighted by molar-refractivity contribution is 0.236. The third-order valence-electron chi connectivity index (χ3n) is 4.52. The van der Waals surface area contributed by atoms with Crippen molar-refractivity contribution in [1.82, 2.24) is 14.9 Å². The van der Waals surface area contributed by atoms with E-state index >= 15 is 0 Å². The number of methoxy groups -OCH3 is 1. The number of aromatic amines is 1. The van der Waals surface area contributed by atoms with E-state index in [2.05, 4.69) is 14.9 Å². The van der Waals surface area contributed by atoms with Crippen LogP contribution >= 0.6 is 0 Å². The molecule has 1 aliphatic rings. The molecule has 5 nitrogen and oxygen atoms in total. The molecule has 6 heteroatoms. The number of rotatable bonds is 3. The van der Waals surface area contributed by atoms with Crippen molar-refractivity contribution in [2.75, 3.05) is 13.7 Å². The maximum atomic E-state index is 14.4. The topological polar surface area (TPSA) is 58.2 Å². The van der Waals surface area contributed by atoms with Gasteiger partial charge in [-0.1, -0.05) is 32.9 Å². The van der Waals surface area contributed by atoms with Gasteiger partial charge in [0.05, 0.1) is 18.4 Å². The summed E-state index contributed by atoms with van der Waals surface area (Å²) in [5.41, 5.74) is 1.82. The van der Waals surface area contributed by atoms with Crippen LogP contribution in [0.25, 0.3) is 0 Å². The number of nitrogens with zero attached hydrogens (tertiary/aromatic N) is 2. The van der Waals surface area contributed by atoms with Crippen LogP contribution < -0.4 is 10.3 Å². The van der Waals surface area contributed by atoms with Crippen molar-refractivity contribution in [3.63, 3.8) is 0 Å². The van der Waals surface area contributed by atoms with Crippen molar-refractivity contribution in [3.8, 4) is 5.75 Å². The zero-order valence-electron chi connectivity index (χ0n) is 15.1. The standard InChI is InChI=1S/C19H24FN3O2/c1-19(2,3)18-21-14-8-9-23(11-13(14)17(24)22-18)10-12-6-5-7-15(25-4)16(12)20/h5-7H,8-11H2,1-4H3,(H,21,22,24). The quantitative estimate of drug-likeness (QED) is 0.929. The van der Waals surface area contributed by atoms with E-state index in [1.807, 2.05) is 20.8 Å². The van der Waals surface area contributed by atoms with Gasteiger partial charge in [0.2, 0.25) is 0 Å². The van der Waals surface area contributed by atoms with Gasteiger partial charge < -0.3 is 9.72 Å². The first-order valence-corrected chi connectivity index (χ1v) is 8.46. The molecule has 0 atom stereocenters. The Morgan fingerprint density at radius 1 is 1.36 bits per heavy atom. The molecule has 0 saturated heterocycles. The fourth-order valence-electron chi connectivity index (χ4n) is 3.05. The number of aromatic nitrogens is 2. The lowest BCUT2D eigenvalue weighted by Gasteiger charge is -2.29. The second-order valence-electron chi connectivity index (χ2n) is 7.48. The van der Waals surface area contributed by atoms with E-state index in [1.54, 1.807) is 18.2 Å². The first kappa shape index (κ1) is 17.6. The van der Waals surface area contributed by atoms with Gasteiger partial charge in [-0.15, -0.1) is 0 Å². The molecule has 1 N–H and O–H groups in total. The highest BCUT2D eigenvalue weighted by molar-refractivity contribution is 5.31. The van der Waals surface area contributed by atoms with Crippen LogP contribution in [0.15, 0.2) is 23.0 Å². The van der Waals surface area contributed by atoms with Crippen molar-refractivity contribution >= 4 is 0 Å². The molecule has 0 unspecified atom stereocenters. The van der Waals surface area contributed by atoms with Crippen LogP contribution in [0.5, 0.6) is 5.75 Å². The minimum absolute atomic E-state index is 0.0919. The summed E-state index contributed by atoms with van der Waals surface area (Å²) in [6.07, 6.45) is 0.688.